The summed E-state index contributed by atoms with van der Waals surface area (Å²) < 4.78 is 2.52. The van der Waals surface area contributed by atoms with Gasteiger partial charge < -0.3 is 0 Å². The van der Waals surface area contributed by atoms with Crippen molar-refractivity contribution in [3.63, 3.8) is 0 Å². The van der Waals surface area contributed by atoms with Crippen molar-refractivity contribution in [2.45, 2.75) is 0 Å². The Morgan fingerprint density at radius 3 is 1.64 bits per heavy atom. The molecule has 11 rings (SSSR count). The van der Waals surface area contributed by atoms with E-state index in [0.29, 0.717) is 0 Å². The van der Waals surface area contributed by atoms with E-state index in [2.05, 4.69) is 170 Å². The molecule has 0 aliphatic rings. The van der Waals surface area contributed by atoms with Gasteiger partial charge in [-0.15, -0.1) is 11.3 Å². The van der Waals surface area contributed by atoms with Crippen molar-refractivity contribution in [1.29, 1.82) is 0 Å². The van der Waals surface area contributed by atoms with E-state index in [0.717, 1.165) is 45.0 Å². The minimum atomic E-state index is 0.718. The second-order valence-corrected chi connectivity index (χ2v) is 14.8. The normalized spacial score (nSPS) is 11.8. The van der Waals surface area contributed by atoms with Gasteiger partial charge in [-0.05, 0) is 67.2 Å². The summed E-state index contributed by atoms with van der Waals surface area (Å²) in [4.78, 5) is 10.6. The molecule has 2 heterocycles. The lowest BCUT2D eigenvalue weighted by Gasteiger charge is -2.16. The van der Waals surface area contributed by atoms with Crippen LogP contribution in [-0.4, -0.2) is 9.97 Å². The summed E-state index contributed by atoms with van der Waals surface area (Å²) in [5.74, 6) is 0.718. The number of thiophene rings is 1. The Kier molecular flexibility index (Phi) is 6.76. The quantitative estimate of drug-likeness (QED) is 0.168. The Balaban J connectivity index is 1.13. The van der Waals surface area contributed by atoms with Crippen LogP contribution >= 0.6 is 11.3 Å². The molecular weight excluding hydrogens is 661 g/mol. The standard InChI is InChI=1S/C50H30N2S/c1-3-10-32(11-4-1)43-30-44(33-12-5-2-6-13-33)52-50(51-43)42-29-28-41-39-16-7-8-17-45(39)53-49(41)48(42)37-20-18-31(19-21-37)38-26-24-36-23-22-34-14-9-15-35-25-27-40(38)47(36)46(34)35/h1-30H. The largest absolute Gasteiger partial charge is 0.228 e. The maximum absolute atomic E-state index is 5.28. The van der Waals surface area contributed by atoms with Crippen molar-refractivity contribution in [3.05, 3.63) is 182 Å². The van der Waals surface area contributed by atoms with Crippen LogP contribution in [0.4, 0.5) is 0 Å². The van der Waals surface area contributed by atoms with Gasteiger partial charge in [-0.3, -0.25) is 0 Å². The summed E-state index contributed by atoms with van der Waals surface area (Å²) in [5.41, 5.74) is 9.71. The van der Waals surface area contributed by atoms with Crippen LogP contribution in [0, 0.1) is 0 Å². The Bertz CT molecular complexity index is 3070. The van der Waals surface area contributed by atoms with E-state index in [4.69, 9.17) is 9.97 Å². The summed E-state index contributed by atoms with van der Waals surface area (Å²) >= 11 is 1.84. The van der Waals surface area contributed by atoms with Crippen LogP contribution in [0.15, 0.2) is 182 Å². The molecule has 0 aliphatic heterocycles. The highest BCUT2D eigenvalue weighted by Gasteiger charge is 2.20. The molecule has 11 aromatic rings. The summed E-state index contributed by atoms with van der Waals surface area (Å²) in [6, 6.07) is 65.5. The number of nitrogens with zero attached hydrogens (tertiary/aromatic N) is 2. The molecule has 0 saturated heterocycles. The van der Waals surface area contributed by atoms with E-state index in [-0.39, 0.29) is 0 Å². The van der Waals surface area contributed by atoms with Gasteiger partial charge >= 0.3 is 0 Å². The smallest absolute Gasteiger partial charge is 0.161 e. The average molecular weight is 691 g/mol. The van der Waals surface area contributed by atoms with Crippen LogP contribution in [0.3, 0.4) is 0 Å². The molecule has 0 spiro atoms. The first-order valence-corrected chi connectivity index (χ1v) is 18.8. The van der Waals surface area contributed by atoms with Crippen molar-refractivity contribution in [2.24, 2.45) is 0 Å². The number of hydrogen-bond donors (Lipinski definition) is 0. The van der Waals surface area contributed by atoms with E-state index in [1.807, 2.05) is 23.5 Å². The Labute approximate surface area is 310 Å². The maximum Gasteiger partial charge on any atom is 0.161 e. The monoisotopic (exact) mass is 690 g/mol. The van der Waals surface area contributed by atoms with E-state index in [1.165, 1.54) is 63.6 Å². The fourth-order valence-corrected chi connectivity index (χ4v) is 9.42. The van der Waals surface area contributed by atoms with E-state index in [1.54, 1.807) is 0 Å². The molecule has 2 aromatic heterocycles. The molecule has 246 valence electrons. The van der Waals surface area contributed by atoms with Crippen LogP contribution in [0.2, 0.25) is 0 Å². The fourth-order valence-electron chi connectivity index (χ4n) is 8.15. The molecule has 0 saturated carbocycles. The fraction of sp³-hybridized carbons (Fsp3) is 0. The third kappa shape index (κ3) is 4.86. The average Bonchev–Trinajstić information content (AvgIpc) is 3.62. The molecule has 2 nitrogen and oxygen atoms in total. The van der Waals surface area contributed by atoms with Gasteiger partial charge in [0.05, 0.1) is 11.4 Å². The molecule has 53 heavy (non-hydrogen) atoms. The van der Waals surface area contributed by atoms with Crippen molar-refractivity contribution >= 4 is 63.8 Å². The zero-order chi connectivity index (χ0) is 34.9. The second-order valence-electron chi connectivity index (χ2n) is 13.7. The minimum Gasteiger partial charge on any atom is -0.228 e. The lowest BCUT2D eigenvalue weighted by Crippen LogP contribution is -1.97. The van der Waals surface area contributed by atoms with Gasteiger partial charge in [-0.1, -0.05) is 164 Å². The minimum absolute atomic E-state index is 0.718. The summed E-state index contributed by atoms with van der Waals surface area (Å²) in [6.45, 7) is 0. The molecule has 0 fully saturated rings. The van der Waals surface area contributed by atoms with Crippen LogP contribution in [0.5, 0.6) is 0 Å². The van der Waals surface area contributed by atoms with Gasteiger partial charge in [0.15, 0.2) is 5.82 Å². The van der Waals surface area contributed by atoms with E-state index >= 15 is 0 Å². The lowest BCUT2D eigenvalue weighted by molar-refractivity contribution is 1.18. The molecule has 3 heteroatoms. The molecule has 0 amide bonds. The number of benzene rings is 9. The lowest BCUT2D eigenvalue weighted by atomic mass is 9.89. The maximum atomic E-state index is 5.28. The predicted octanol–water partition coefficient (Wildman–Crippen LogP) is 14.1. The summed E-state index contributed by atoms with van der Waals surface area (Å²) in [5, 5.41) is 10.3. The van der Waals surface area contributed by atoms with Crippen LogP contribution < -0.4 is 0 Å². The SMILES string of the molecule is c1ccc(-c2cc(-c3ccccc3)nc(-c3ccc4c(sc5ccccc54)c3-c3ccc(-c4ccc5ccc6cccc7ccc4c5c67)cc3)n2)cc1. The number of hydrogen-bond acceptors (Lipinski definition) is 3. The number of rotatable bonds is 5. The van der Waals surface area contributed by atoms with Gasteiger partial charge in [0, 0.05) is 42.4 Å². The molecule has 0 unspecified atom stereocenters. The van der Waals surface area contributed by atoms with Gasteiger partial charge in [-0.25, -0.2) is 9.97 Å². The van der Waals surface area contributed by atoms with Crippen LogP contribution in [0.1, 0.15) is 0 Å². The third-order valence-corrected chi connectivity index (χ3v) is 11.9. The first-order valence-electron chi connectivity index (χ1n) is 18.0. The third-order valence-electron chi connectivity index (χ3n) is 10.7. The number of aromatic nitrogens is 2. The van der Waals surface area contributed by atoms with Crippen LogP contribution in [-0.2, 0) is 0 Å². The second kappa shape index (κ2) is 11.9. The van der Waals surface area contributed by atoms with Crippen molar-refractivity contribution in [1.82, 2.24) is 9.97 Å². The molecule has 9 aromatic carbocycles. The Morgan fingerprint density at radius 1 is 0.358 bits per heavy atom. The Morgan fingerprint density at radius 2 is 0.925 bits per heavy atom. The molecule has 0 N–H and O–H groups in total. The highest BCUT2D eigenvalue weighted by atomic mass is 32.1. The highest BCUT2D eigenvalue weighted by Crippen LogP contribution is 2.46. The number of fused-ring (bicyclic) bond motifs is 3. The van der Waals surface area contributed by atoms with E-state index in [9.17, 15) is 0 Å². The molecule has 0 bridgehead atoms. The first-order chi connectivity index (χ1) is 26.3. The van der Waals surface area contributed by atoms with Gasteiger partial charge in [0.25, 0.3) is 0 Å². The Hall–Kier alpha value is -6.68. The predicted molar refractivity (Wildman–Crippen MR) is 226 cm³/mol. The van der Waals surface area contributed by atoms with Crippen molar-refractivity contribution in [3.8, 4) is 56.2 Å². The summed E-state index contributed by atoms with van der Waals surface area (Å²) in [7, 11) is 0. The summed E-state index contributed by atoms with van der Waals surface area (Å²) in [6.07, 6.45) is 0. The topological polar surface area (TPSA) is 25.8 Å². The zero-order valence-electron chi connectivity index (χ0n) is 28.6. The molecular formula is C50H30N2S. The zero-order valence-corrected chi connectivity index (χ0v) is 29.4. The molecule has 0 radical (unpaired) electrons. The van der Waals surface area contributed by atoms with E-state index < -0.39 is 0 Å². The van der Waals surface area contributed by atoms with Crippen molar-refractivity contribution in [2.75, 3.05) is 0 Å². The molecule has 0 aliphatic carbocycles. The molecule has 0 atom stereocenters. The first kappa shape index (κ1) is 30.0. The van der Waals surface area contributed by atoms with Crippen LogP contribution in [0.25, 0.3) is 109 Å². The van der Waals surface area contributed by atoms with Crippen molar-refractivity contribution < 1.29 is 0 Å². The highest BCUT2D eigenvalue weighted by molar-refractivity contribution is 7.26. The van der Waals surface area contributed by atoms with Gasteiger partial charge in [0.2, 0.25) is 0 Å². The van der Waals surface area contributed by atoms with Gasteiger partial charge in [0.1, 0.15) is 0 Å². The van der Waals surface area contributed by atoms with Gasteiger partial charge in [-0.2, -0.15) is 0 Å².